The molecule has 1 amide bonds. The molecule has 1 aromatic carbocycles. The maximum Gasteiger partial charge on any atom is 0.227 e. The SMILES string of the molecule is COCC(C)C(=O)N1CCCC1CC(=O)c1ccccc1. The van der Waals surface area contributed by atoms with Crippen molar-refractivity contribution >= 4 is 11.7 Å². The van der Waals surface area contributed by atoms with E-state index in [-0.39, 0.29) is 23.7 Å². The van der Waals surface area contributed by atoms with Gasteiger partial charge in [0.25, 0.3) is 0 Å². The first-order chi connectivity index (χ1) is 10.1. The molecule has 0 radical (unpaired) electrons. The van der Waals surface area contributed by atoms with Gasteiger partial charge in [-0.2, -0.15) is 0 Å². The second-order valence-corrected chi connectivity index (χ2v) is 5.68. The number of methoxy groups -OCH3 is 1. The molecule has 114 valence electrons. The minimum Gasteiger partial charge on any atom is -0.384 e. The first-order valence-corrected chi connectivity index (χ1v) is 7.51. The van der Waals surface area contributed by atoms with Crippen LogP contribution in [0.2, 0.25) is 0 Å². The van der Waals surface area contributed by atoms with Crippen LogP contribution < -0.4 is 0 Å². The fourth-order valence-electron chi connectivity index (χ4n) is 2.90. The number of ketones is 1. The van der Waals surface area contributed by atoms with Crippen LogP contribution in [0.5, 0.6) is 0 Å². The van der Waals surface area contributed by atoms with Crippen molar-refractivity contribution in [3.8, 4) is 0 Å². The van der Waals surface area contributed by atoms with Crippen molar-refractivity contribution in [2.45, 2.75) is 32.2 Å². The van der Waals surface area contributed by atoms with Gasteiger partial charge in [0.2, 0.25) is 5.91 Å². The van der Waals surface area contributed by atoms with Crippen molar-refractivity contribution in [1.82, 2.24) is 4.90 Å². The highest BCUT2D eigenvalue weighted by molar-refractivity contribution is 5.96. The van der Waals surface area contributed by atoms with Gasteiger partial charge < -0.3 is 9.64 Å². The number of carbonyl (C=O) groups excluding carboxylic acids is 2. The summed E-state index contributed by atoms with van der Waals surface area (Å²) in [5.74, 6) is 0.0577. The Hall–Kier alpha value is -1.68. The first kappa shape index (κ1) is 15.7. The third-order valence-electron chi connectivity index (χ3n) is 4.02. The number of hydrogen-bond donors (Lipinski definition) is 0. The Morgan fingerprint density at radius 3 is 2.71 bits per heavy atom. The van der Waals surface area contributed by atoms with Crippen LogP contribution in [0, 0.1) is 5.92 Å². The zero-order chi connectivity index (χ0) is 15.2. The topological polar surface area (TPSA) is 46.6 Å². The van der Waals surface area contributed by atoms with E-state index in [2.05, 4.69) is 0 Å². The summed E-state index contributed by atoms with van der Waals surface area (Å²) in [6.07, 6.45) is 2.29. The van der Waals surface area contributed by atoms with E-state index in [1.807, 2.05) is 42.2 Å². The lowest BCUT2D eigenvalue weighted by Crippen LogP contribution is -2.41. The van der Waals surface area contributed by atoms with Crippen molar-refractivity contribution in [3.05, 3.63) is 35.9 Å². The van der Waals surface area contributed by atoms with Gasteiger partial charge in [-0.25, -0.2) is 0 Å². The zero-order valence-electron chi connectivity index (χ0n) is 12.7. The van der Waals surface area contributed by atoms with Gasteiger partial charge in [-0.05, 0) is 12.8 Å². The van der Waals surface area contributed by atoms with E-state index < -0.39 is 0 Å². The summed E-state index contributed by atoms with van der Waals surface area (Å²) in [4.78, 5) is 26.6. The van der Waals surface area contributed by atoms with E-state index in [1.165, 1.54) is 0 Å². The summed E-state index contributed by atoms with van der Waals surface area (Å²) in [7, 11) is 1.60. The molecule has 1 aromatic rings. The van der Waals surface area contributed by atoms with Crippen LogP contribution in [0.4, 0.5) is 0 Å². The molecule has 0 saturated carbocycles. The molecule has 0 bridgehead atoms. The highest BCUT2D eigenvalue weighted by atomic mass is 16.5. The molecule has 1 heterocycles. The second-order valence-electron chi connectivity index (χ2n) is 5.68. The predicted molar refractivity (Wildman–Crippen MR) is 81.2 cm³/mol. The summed E-state index contributed by atoms with van der Waals surface area (Å²) < 4.78 is 5.06. The maximum atomic E-state index is 12.4. The summed E-state index contributed by atoms with van der Waals surface area (Å²) in [6, 6.07) is 9.32. The summed E-state index contributed by atoms with van der Waals surface area (Å²) >= 11 is 0. The Balaban J connectivity index is 1.99. The van der Waals surface area contributed by atoms with Gasteiger partial charge in [0.05, 0.1) is 12.5 Å². The van der Waals surface area contributed by atoms with Gasteiger partial charge in [0.1, 0.15) is 0 Å². The van der Waals surface area contributed by atoms with Crippen molar-refractivity contribution in [2.24, 2.45) is 5.92 Å². The van der Waals surface area contributed by atoms with E-state index >= 15 is 0 Å². The number of Topliss-reactive ketones (excluding diaryl/α,β-unsaturated/α-hetero) is 1. The quantitative estimate of drug-likeness (QED) is 0.756. The van der Waals surface area contributed by atoms with Crippen LogP contribution in [-0.4, -0.2) is 42.9 Å². The molecular weight excluding hydrogens is 266 g/mol. The van der Waals surface area contributed by atoms with Gasteiger partial charge in [-0.3, -0.25) is 9.59 Å². The number of nitrogens with zero attached hydrogens (tertiary/aromatic N) is 1. The number of amides is 1. The molecule has 0 aromatic heterocycles. The number of benzene rings is 1. The highest BCUT2D eigenvalue weighted by Gasteiger charge is 2.32. The molecule has 2 rings (SSSR count). The molecule has 4 heteroatoms. The summed E-state index contributed by atoms with van der Waals surface area (Å²) in [6.45, 7) is 3.05. The average molecular weight is 289 g/mol. The third-order valence-corrected chi connectivity index (χ3v) is 4.02. The van der Waals surface area contributed by atoms with Gasteiger partial charge in [-0.1, -0.05) is 37.3 Å². The van der Waals surface area contributed by atoms with Gasteiger partial charge in [0.15, 0.2) is 5.78 Å². The van der Waals surface area contributed by atoms with E-state index in [0.717, 1.165) is 24.9 Å². The number of carbonyl (C=O) groups is 2. The molecule has 0 aliphatic carbocycles. The fourth-order valence-corrected chi connectivity index (χ4v) is 2.90. The Bertz CT molecular complexity index is 486. The standard InChI is InChI=1S/C17H23NO3/c1-13(12-21-2)17(20)18-10-6-9-15(18)11-16(19)14-7-4-3-5-8-14/h3-5,7-8,13,15H,6,9-12H2,1-2H3. The number of ether oxygens (including phenoxy) is 1. The van der Waals surface area contributed by atoms with Crippen LogP contribution in [-0.2, 0) is 9.53 Å². The molecular formula is C17H23NO3. The minimum absolute atomic E-state index is 0.0320. The molecule has 21 heavy (non-hydrogen) atoms. The van der Waals surface area contributed by atoms with Crippen LogP contribution in [0.1, 0.15) is 36.5 Å². The van der Waals surface area contributed by atoms with Crippen LogP contribution in [0.15, 0.2) is 30.3 Å². The highest BCUT2D eigenvalue weighted by Crippen LogP contribution is 2.24. The Morgan fingerprint density at radius 1 is 1.33 bits per heavy atom. The molecule has 4 nitrogen and oxygen atoms in total. The van der Waals surface area contributed by atoms with Crippen molar-refractivity contribution in [3.63, 3.8) is 0 Å². The summed E-state index contributed by atoms with van der Waals surface area (Å²) in [5.41, 5.74) is 0.724. The smallest absolute Gasteiger partial charge is 0.227 e. The molecule has 2 unspecified atom stereocenters. The lowest BCUT2D eigenvalue weighted by molar-refractivity contribution is -0.137. The zero-order valence-corrected chi connectivity index (χ0v) is 12.7. The molecule has 1 aliphatic rings. The molecule has 2 atom stereocenters. The lowest BCUT2D eigenvalue weighted by Gasteiger charge is -2.27. The lowest BCUT2D eigenvalue weighted by atomic mass is 10.0. The summed E-state index contributed by atoms with van der Waals surface area (Å²) in [5, 5.41) is 0. The largest absolute Gasteiger partial charge is 0.384 e. The van der Waals surface area contributed by atoms with E-state index in [1.54, 1.807) is 7.11 Å². The normalized spacial score (nSPS) is 19.5. The number of likely N-dealkylation sites (tertiary alicyclic amines) is 1. The third kappa shape index (κ3) is 3.91. The van der Waals surface area contributed by atoms with Crippen LogP contribution in [0.25, 0.3) is 0 Å². The van der Waals surface area contributed by atoms with Gasteiger partial charge in [0, 0.05) is 31.7 Å². The predicted octanol–water partition coefficient (Wildman–Crippen LogP) is 2.53. The molecule has 1 aliphatic heterocycles. The Labute approximate surface area is 126 Å². The minimum atomic E-state index is -0.151. The Kier molecular flexibility index (Phi) is 5.51. The average Bonchev–Trinajstić information content (AvgIpc) is 2.95. The number of rotatable bonds is 6. The van der Waals surface area contributed by atoms with Crippen LogP contribution >= 0.6 is 0 Å². The van der Waals surface area contributed by atoms with Gasteiger partial charge >= 0.3 is 0 Å². The maximum absolute atomic E-state index is 12.4. The van der Waals surface area contributed by atoms with E-state index in [9.17, 15) is 9.59 Å². The second kappa shape index (κ2) is 7.36. The molecule has 1 fully saturated rings. The molecule has 1 saturated heterocycles. The van der Waals surface area contributed by atoms with Gasteiger partial charge in [-0.15, -0.1) is 0 Å². The van der Waals surface area contributed by atoms with Crippen molar-refractivity contribution in [1.29, 1.82) is 0 Å². The molecule has 0 N–H and O–H groups in total. The van der Waals surface area contributed by atoms with E-state index in [0.29, 0.717) is 13.0 Å². The monoisotopic (exact) mass is 289 g/mol. The van der Waals surface area contributed by atoms with Crippen molar-refractivity contribution < 1.29 is 14.3 Å². The van der Waals surface area contributed by atoms with Crippen LogP contribution in [0.3, 0.4) is 0 Å². The number of hydrogen-bond acceptors (Lipinski definition) is 3. The van der Waals surface area contributed by atoms with Crippen molar-refractivity contribution in [2.75, 3.05) is 20.3 Å². The molecule has 0 spiro atoms. The fraction of sp³-hybridized carbons (Fsp3) is 0.529. The first-order valence-electron chi connectivity index (χ1n) is 7.51. The Morgan fingerprint density at radius 2 is 2.05 bits per heavy atom. The van der Waals surface area contributed by atoms with E-state index in [4.69, 9.17) is 4.74 Å².